The molecule has 4 aromatic carbocycles. The summed E-state index contributed by atoms with van der Waals surface area (Å²) in [6, 6.07) is 40.8. The second-order valence-electron chi connectivity index (χ2n) is 7.27. The first-order valence-corrected chi connectivity index (χ1v) is 12.2. The van der Waals surface area contributed by atoms with Crippen LogP contribution in [0.1, 0.15) is 6.92 Å². The molecule has 0 N–H and O–H groups in total. The molecule has 0 unspecified atom stereocenters. The fourth-order valence-corrected chi connectivity index (χ4v) is 10.7. The predicted molar refractivity (Wildman–Crippen MR) is 125 cm³/mol. The SMILES string of the molecule is CCN1c2ccccc2OP1(c1ccccc1)(c1ccccc1)c1ccccc1. The van der Waals surface area contributed by atoms with Crippen LogP contribution in [0.15, 0.2) is 115 Å². The minimum absolute atomic E-state index is 0.841. The molecule has 0 aliphatic carbocycles. The van der Waals surface area contributed by atoms with E-state index in [2.05, 4.69) is 127 Å². The van der Waals surface area contributed by atoms with Crippen molar-refractivity contribution in [3.8, 4) is 5.75 Å². The van der Waals surface area contributed by atoms with Crippen molar-refractivity contribution in [2.24, 2.45) is 0 Å². The van der Waals surface area contributed by atoms with Crippen molar-refractivity contribution in [2.75, 3.05) is 11.2 Å². The molecule has 0 aromatic heterocycles. The number of rotatable bonds is 4. The normalized spacial score (nSPS) is 17.6. The van der Waals surface area contributed by atoms with Crippen LogP contribution in [-0.2, 0) is 0 Å². The number of para-hydroxylation sites is 2. The van der Waals surface area contributed by atoms with Crippen molar-refractivity contribution in [1.82, 2.24) is 0 Å². The van der Waals surface area contributed by atoms with Gasteiger partial charge in [-0.15, -0.1) is 0 Å². The second-order valence-corrected chi connectivity index (χ2v) is 11.5. The van der Waals surface area contributed by atoms with Crippen LogP contribution < -0.4 is 25.1 Å². The summed E-state index contributed by atoms with van der Waals surface area (Å²) in [5, 5.41) is 3.65. The van der Waals surface area contributed by atoms with E-state index in [0.717, 1.165) is 18.0 Å². The van der Waals surface area contributed by atoms with Crippen LogP contribution >= 0.6 is 6.98 Å². The summed E-state index contributed by atoms with van der Waals surface area (Å²) in [5.74, 6) is 0.948. The fraction of sp³-hybridized carbons (Fsp3) is 0.0769. The Morgan fingerprint density at radius 2 is 1.00 bits per heavy atom. The second kappa shape index (κ2) is 6.76. The van der Waals surface area contributed by atoms with E-state index < -0.39 is 6.98 Å². The number of benzene rings is 4. The van der Waals surface area contributed by atoms with Gasteiger partial charge in [-0.2, -0.15) is 0 Å². The summed E-state index contributed by atoms with van der Waals surface area (Å²) < 4.78 is 9.83. The van der Waals surface area contributed by atoms with Gasteiger partial charge in [0.15, 0.2) is 0 Å². The van der Waals surface area contributed by atoms with Crippen LogP contribution in [0.5, 0.6) is 5.75 Å². The first-order chi connectivity index (χ1) is 14.3. The van der Waals surface area contributed by atoms with Gasteiger partial charge in [-0.1, -0.05) is 0 Å². The zero-order chi connectivity index (χ0) is 19.8. The molecule has 0 radical (unpaired) electrons. The van der Waals surface area contributed by atoms with Crippen LogP contribution in [0, 0.1) is 0 Å². The van der Waals surface area contributed by atoms with Gasteiger partial charge in [0.2, 0.25) is 0 Å². The molecule has 0 amide bonds. The monoisotopic (exact) mass is 397 g/mol. The molecule has 1 heterocycles. The van der Waals surface area contributed by atoms with Crippen LogP contribution in [0.4, 0.5) is 5.69 Å². The van der Waals surface area contributed by atoms with Crippen molar-refractivity contribution in [2.45, 2.75) is 6.92 Å². The number of fused-ring (bicyclic) bond motifs is 1. The van der Waals surface area contributed by atoms with E-state index in [9.17, 15) is 0 Å². The van der Waals surface area contributed by atoms with E-state index in [0.29, 0.717) is 0 Å². The van der Waals surface area contributed by atoms with Crippen LogP contribution in [0.2, 0.25) is 0 Å². The van der Waals surface area contributed by atoms with Crippen LogP contribution in [-0.4, -0.2) is 6.54 Å². The van der Waals surface area contributed by atoms with Gasteiger partial charge in [0.1, 0.15) is 0 Å². The summed E-state index contributed by atoms with van der Waals surface area (Å²) in [5.41, 5.74) is 1.16. The van der Waals surface area contributed by atoms with E-state index in [1.165, 1.54) is 15.9 Å². The third-order valence-electron chi connectivity index (χ3n) is 5.89. The molecular weight excluding hydrogens is 373 g/mol. The molecule has 2 nitrogen and oxygen atoms in total. The first kappa shape index (κ1) is 18.0. The van der Waals surface area contributed by atoms with Gasteiger partial charge < -0.3 is 0 Å². The standard InChI is InChI=1S/C26H24NOP/c1-2-27-25-20-12-13-21-26(25)28-29(27,22-14-6-3-7-15-22,23-16-8-4-9-17-23)24-18-10-5-11-19-24/h3-21H,2H2,1H3. The summed E-state index contributed by atoms with van der Waals surface area (Å²) in [6.07, 6.45) is 0. The molecule has 0 fully saturated rings. The van der Waals surface area contributed by atoms with Gasteiger partial charge in [-0.3, -0.25) is 0 Å². The average molecular weight is 397 g/mol. The van der Waals surface area contributed by atoms with Gasteiger partial charge in [0.25, 0.3) is 0 Å². The zero-order valence-electron chi connectivity index (χ0n) is 16.5. The molecule has 1 aliphatic rings. The Balaban J connectivity index is 2.01. The Bertz CT molecular complexity index is 1030. The Hall–Kier alpha value is -3.09. The Kier molecular flexibility index (Phi) is 4.19. The zero-order valence-corrected chi connectivity index (χ0v) is 17.4. The van der Waals surface area contributed by atoms with Crippen LogP contribution in [0.3, 0.4) is 0 Å². The minimum atomic E-state index is -3.43. The maximum absolute atomic E-state index is 7.30. The predicted octanol–water partition coefficient (Wildman–Crippen LogP) is 5.27. The van der Waals surface area contributed by atoms with Crippen molar-refractivity contribution in [3.05, 3.63) is 115 Å². The number of hydrogen-bond acceptors (Lipinski definition) is 2. The van der Waals surface area contributed by atoms with E-state index in [1.54, 1.807) is 0 Å². The van der Waals surface area contributed by atoms with Gasteiger partial charge in [-0.05, 0) is 0 Å². The summed E-state index contributed by atoms with van der Waals surface area (Å²) in [7, 11) is 0. The maximum atomic E-state index is 7.30. The molecule has 0 spiro atoms. The molecule has 29 heavy (non-hydrogen) atoms. The molecule has 0 saturated carbocycles. The number of nitrogens with zero attached hydrogens (tertiary/aromatic N) is 1. The molecule has 1 aliphatic heterocycles. The molecule has 144 valence electrons. The van der Waals surface area contributed by atoms with Crippen molar-refractivity contribution >= 4 is 28.6 Å². The van der Waals surface area contributed by atoms with E-state index >= 15 is 0 Å². The van der Waals surface area contributed by atoms with E-state index in [-0.39, 0.29) is 0 Å². The average Bonchev–Trinajstić information content (AvgIpc) is 3.13. The van der Waals surface area contributed by atoms with Crippen molar-refractivity contribution in [1.29, 1.82) is 0 Å². The quantitative estimate of drug-likeness (QED) is 0.435. The third-order valence-corrected chi connectivity index (χ3v) is 11.6. The van der Waals surface area contributed by atoms with E-state index in [1.807, 2.05) is 0 Å². The van der Waals surface area contributed by atoms with Crippen LogP contribution in [0.25, 0.3) is 0 Å². The Morgan fingerprint density at radius 3 is 1.45 bits per heavy atom. The summed E-state index contributed by atoms with van der Waals surface area (Å²) in [6.45, 7) is -0.370. The van der Waals surface area contributed by atoms with Gasteiger partial charge >= 0.3 is 172 Å². The van der Waals surface area contributed by atoms with E-state index in [4.69, 9.17) is 4.52 Å². The number of hydrogen-bond donors (Lipinski definition) is 0. The van der Waals surface area contributed by atoms with Gasteiger partial charge in [0, 0.05) is 0 Å². The summed E-state index contributed by atoms with van der Waals surface area (Å²) >= 11 is 0. The first-order valence-electron chi connectivity index (χ1n) is 10.1. The van der Waals surface area contributed by atoms with Crippen molar-refractivity contribution in [3.63, 3.8) is 0 Å². The van der Waals surface area contributed by atoms with Gasteiger partial charge in [-0.25, -0.2) is 0 Å². The number of anilines is 1. The third kappa shape index (κ3) is 2.27. The Labute approximate surface area is 172 Å². The molecule has 3 heteroatoms. The summed E-state index contributed by atoms with van der Waals surface area (Å²) in [4.78, 5) is 0. The molecule has 5 rings (SSSR count). The Morgan fingerprint density at radius 1 is 0.586 bits per heavy atom. The molecule has 0 bridgehead atoms. The van der Waals surface area contributed by atoms with Crippen molar-refractivity contribution < 1.29 is 4.52 Å². The fourth-order valence-electron chi connectivity index (χ4n) is 4.77. The molecular formula is C26H24NOP. The van der Waals surface area contributed by atoms with Gasteiger partial charge in [0.05, 0.1) is 0 Å². The molecule has 0 saturated heterocycles. The molecule has 4 aromatic rings. The molecule has 0 atom stereocenters. The topological polar surface area (TPSA) is 12.5 Å².